The van der Waals surface area contributed by atoms with E-state index in [0.29, 0.717) is 6.61 Å². The van der Waals surface area contributed by atoms with Crippen LogP contribution in [0.4, 0.5) is 0 Å². The number of halogens is 2. The number of methoxy groups -OCH3 is 1. The summed E-state index contributed by atoms with van der Waals surface area (Å²) >= 11 is 5.87. The average molecular weight is 462 g/mol. The van der Waals surface area contributed by atoms with Crippen LogP contribution in [-0.2, 0) is 11.3 Å². The van der Waals surface area contributed by atoms with E-state index in [0.717, 1.165) is 32.6 Å². The zero-order valence-electron chi connectivity index (χ0n) is 11.7. The van der Waals surface area contributed by atoms with Gasteiger partial charge in [0.15, 0.2) is 0 Å². The van der Waals surface area contributed by atoms with Gasteiger partial charge in [-0.1, -0.05) is 28.1 Å². The minimum atomic E-state index is 0.714. The first-order chi connectivity index (χ1) is 10.2. The van der Waals surface area contributed by atoms with E-state index >= 15 is 0 Å². The molecule has 0 fully saturated rings. The largest absolute Gasteiger partial charge is 0.457 e. The van der Waals surface area contributed by atoms with Crippen molar-refractivity contribution >= 4 is 38.5 Å². The van der Waals surface area contributed by atoms with Gasteiger partial charge in [0.05, 0.1) is 6.61 Å². The molecule has 0 aliphatic rings. The monoisotopic (exact) mass is 461 g/mol. The van der Waals surface area contributed by atoms with Crippen LogP contribution in [-0.4, -0.2) is 20.3 Å². The first-order valence-corrected chi connectivity index (χ1v) is 8.47. The summed E-state index contributed by atoms with van der Waals surface area (Å²) in [5.41, 5.74) is 1.20. The van der Waals surface area contributed by atoms with Crippen LogP contribution in [0.15, 0.2) is 46.9 Å². The Morgan fingerprint density at radius 3 is 2.67 bits per heavy atom. The van der Waals surface area contributed by atoms with Gasteiger partial charge in [-0.2, -0.15) is 0 Å². The highest BCUT2D eigenvalue weighted by molar-refractivity contribution is 14.1. The van der Waals surface area contributed by atoms with Crippen molar-refractivity contribution in [2.75, 3.05) is 20.3 Å². The highest BCUT2D eigenvalue weighted by atomic mass is 127. The predicted octanol–water partition coefficient (Wildman–Crippen LogP) is 4.58. The summed E-state index contributed by atoms with van der Waals surface area (Å²) in [6, 6.07) is 14.0. The third-order valence-electron chi connectivity index (χ3n) is 2.85. The lowest BCUT2D eigenvalue weighted by Gasteiger charge is -2.10. The molecule has 0 amide bonds. The molecule has 21 heavy (non-hydrogen) atoms. The molecule has 0 aliphatic heterocycles. The summed E-state index contributed by atoms with van der Waals surface area (Å²) in [5, 5.41) is 3.32. The van der Waals surface area contributed by atoms with Crippen molar-refractivity contribution in [1.82, 2.24) is 5.32 Å². The number of benzene rings is 2. The lowest BCUT2D eigenvalue weighted by molar-refractivity contribution is 0.199. The molecule has 2 aromatic carbocycles. The fraction of sp³-hybridized carbons (Fsp3) is 0.250. The summed E-state index contributed by atoms with van der Waals surface area (Å²) < 4.78 is 13.1. The average Bonchev–Trinajstić information content (AvgIpc) is 2.45. The minimum Gasteiger partial charge on any atom is -0.457 e. The lowest BCUT2D eigenvalue weighted by Crippen LogP contribution is -2.18. The molecule has 0 heterocycles. The van der Waals surface area contributed by atoms with E-state index in [4.69, 9.17) is 9.47 Å². The van der Waals surface area contributed by atoms with Crippen molar-refractivity contribution in [3.05, 3.63) is 56.1 Å². The molecule has 5 heteroatoms. The summed E-state index contributed by atoms with van der Waals surface area (Å²) in [6.07, 6.45) is 0. The van der Waals surface area contributed by atoms with Gasteiger partial charge in [-0.25, -0.2) is 0 Å². The van der Waals surface area contributed by atoms with Gasteiger partial charge in [0.25, 0.3) is 0 Å². The second kappa shape index (κ2) is 8.73. The Morgan fingerprint density at radius 2 is 1.95 bits per heavy atom. The van der Waals surface area contributed by atoms with Gasteiger partial charge < -0.3 is 14.8 Å². The fourth-order valence-electron chi connectivity index (χ4n) is 1.80. The fourth-order valence-corrected chi connectivity index (χ4v) is 2.81. The zero-order chi connectivity index (χ0) is 15.1. The van der Waals surface area contributed by atoms with E-state index in [1.165, 1.54) is 5.56 Å². The molecule has 0 radical (unpaired) electrons. The summed E-state index contributed by atoms with van der Waals surface area (Å²) in [6.45, 7) is 2.35. The number of hydrogen-bond donors (Lipinski definition) is 1. The molecule has 0 atom stereocenters. The first kappa shape index (κ1) is 16.7. The number of ether oxygens (including phenoxy) is 2. The lowest BCUT2D eigenvalue weighted by atomic mass is 10.2. The van der Waals surface area contributed by atoms with Crippen LogP contribution in [0.2, 0.25) is 0 Å². The number of nitrogens with one attached hydrogen (secondary N) is 1. The first-order valence-electron chi connectivity index (χ1n) is 6.60. The van der Waals surface area contributed by atoms with Crippen LogP contribution in [0.3, 0.4) is 0 Å². The van der Waals surface area contributed by atoms with Crippen molar-refractivity contribution in [3.8, 4) is 11.5 Å². The maximum atomic E-state index is 5.86. The second-order valence-electron chi connectivity index (χ2n) is 4.48. The van der Waals surface area contributed by atoms with Gasteiger partial charge in [0.1, 0.15) is 11.5 Å². The zero-order valence-corrected chi connectivity index (χ0v) is 15.5. The predicted molar refractivity (Wildman–Crippen MR) is 97.0 cm³/mol. The molecule has 0 aromatic heterocycles. The van der Waals surface area contributed by atoms with Crippen LogP contribution < -0.4 is 10.1 Å². The normalized spacial score (nSPS) is 10.6. The highest BCUT2D eigenvalue weighted by Gasteiger charge is 2.04. The summed E-state index contributed by atoms with van der Waals surface area (Å²) in [7, 11) is 1.70. The molecule has 112 valence electrons. The molecule has 0 saturated carbocycles. The van der Waals surface area contributed by atoms with E-state index in [-0.39, 0.29) is 0 Å². The van der Waals surface area contributed by atoms with Crippen molar-refractivity contribution in [2.45, 2.75) is 6.54 Å². The minimum absolute atomic E-state index is 0.714. The van der Waals surface area contributed by atoms with Crippen LogP contribution in [0.25, 0.3) is 0 Å². The Bertz CT molecular complexity index is 592. The van der Waals surface area contributed by atoms with Crippen LogP contribution in [0.1, 0.15) is 5.56 Å². The molecule has 3 nitrogen and oxygen atoms in total. The van der Waals surface area contributed by atoms with Gasteiger partial charge in [0, 0.05) is 28.2 Å². The Hall–Kier alpha value is -0.630. The standard InChI is InChI=1S/C16H17BrINO2/c1-20-8-7-19-11-12-5-6-15(10-16(12)17)21-14-4-2-3-13(18)9-14/h2-6,9-10,19H,7-8,11H2,1H3. The maximum Gasteiger partial charge on any atom is 0.128 e. The molecular formula is C16H17BrINO2. The Kier molecular flexibility index (Phi) is 6.95. The van der Waals surface area contributed by atoms with Crippen molar-refractivity contribution in [2.24, 2.45) is 0 Å². The van der Waals surface area contributed by atoms with Crippen molar-refractivity contribution in [1.29, 1.82) is 0 Å². The quantitative estimate of drug-likeness (QED) is 0.483. The van der Waals surface area contributed by atoms with E-state index < -0.39 is 0 Å². The van der Waals surface area contributed by atoms with Crippen LogP contribution in [0.5, 0.6) is 11.5 Å². The van der Waals surface area contributed by atoms with E-state index in [2.05, 4.69) is 49.9 Å². The Balaban J connectivity index is 1.98. The summed E-state index contributed by atoms with van der Waals surface area (Å²) in [4.78, 5) is 0. The van der Waals surface area contributed by atoms with Gasteiger partial charge in [-0.15, -0.1) is 0 Å². The third kappa shape index (κ3) is 5.58. The van der Waals surface area contributed by atoms with E-state index in [1.54, 1.807) is 7.11 Å². The maximum absolute atomic E-state index is 5.86. The van der Waals surface area contributed by atoms with Gasteiger partial charge >= 0.3 is 0 Å². The van der Waals surface area contributed by atoms with E-state index in [1.807, 2.05) is 36.4 Å². The molecule has 0 aliphatic carbocycles. The molecule has 2 rings (SSSR count). The van der Waals surface area contributed by atoms with Gasteiger partial charge in [-0.05, 0) is 58.5 Å². The molecule has 0 saturated heterocycles. The molecule has 1 N–H and O–H groups in total. The van der Waals surface area contributed by atoms with Crippen LogP contribution in [0, 0.1) is 3.57 Å². The van der Waals surface area contributed by atoms with Gasteiger partial charge in [0.2, 0.25) is 0 Å². The Labute approximate surface area is 147 Å². The third-order valence-corrected chi connectivity index (χ3v) is 4.26. The van der Waals surface area contributed by atoms with Crippen molar-refractivity contribution < 1.29 is 9.47 Å². The van der Waals surface area contributed by atoms with E-state index in [9.17, 15) is 0 Å². The summed E-state index contributed by atoms with van der Waals surface area (Å²) in [5.74, 6) is 1.67. The topological polar surface area (TPSA) is 30.5 Å². The SMILES string of the molecule is COCCNCc1ccc(Oc2cccc(I)c2)cc1Br. The second-order valence-corrected chi connectivity index (χ2v) is 6.58. The number of rotatable bonds is 7. The smallest absolute Gasteiger partial charge is 0.128 e. The molecule has 0 unspecified atom stereocenters. The molecule has 2 aromatic rings. The molecule has 0 spiro atoms. The van der Waals surface area contributed by atoms with Crippen LogP contribution >= 0.6 is 38.5 Å². The highest BCUT2D eigenvalue weighted by Crippen LogP contribution is 2.27. The number of hydrogen-bond acceptors (Lipinski definition) is 3. The Morgan fingerprint density at radius 1 is 1.14 bits per heavy atom. The molecular weight excluding hydrogens is 445 g/mol. The molecule has 0 bridgehead atoms. The van der Waals surface area contributed by atoms with Gasteiger partial charge in [-0.3, -0.25) is 0 Å². The van der Waals surface area contributed by atoms with Crippen molar-refractivity contribution in [3.63, 3.8) is 0 Å².